The number of rotatable bonds is 4. The molecule has 128 valence electrons. The molecule has 0 spiro atoms. The van der Waals surface area contributed by atoms with E-state index in [1.54, 1.807) is 0 Å². The van der Waals surface area contributed by atoms with Crippen LogP contribution >= 0.6 is 0 Å². The van der Waals surface area contributed by atoms with Crippen molar-refractivity contribution in [1.82, 2.24) is 21.1 Å². The number of imide groups is 2. The Morgan fingerprint density at radius 3 is 1.70 bits per heavy atom. The minimum absolute atomic E-state index is 0.0685. The quantitative estimate of drug-likeness (QED) is 0.601. The molecule has 1 heterocycles. The summed E-state index contributed by atoms with van der Waals surface area (Å²) in [5, 5.41) is 4.59. The molecule has 0 aromatic carbocycles. The molecule has 0 bridgehead atoms. The first-order chi connectivity index (χ1) is 10.7. The van der Waals surface area contributed by atoms with Gasteiger partial charge in [-0.2, -0.15) is 5.01 Å². The molecule has 0 unspecified atom stereocenters. The number of urea groups is 2. The zero-order chi connectivity index (χ0) is 18.0. The van der Waals surface area contributed by atoms with Crippen LogP contribution in [0.4, 0.5) is 9.59 Å². The van der Waals surface area contributed by atoms with Gasteiger partial charge in [-0.05, 0) is 13.8 Å². The smallest absolute Gasteiger partial charge is 0.341 e. The van der Waals surface area contributed by atoms with Crippen molar-refractivity contribution in [2.45, 2.75) is 39.5 Å². The summed E-state index contributed by atoms with van der Waals surface area (Å²) in [4.78, 5) is 64.2. The summed E-state index contributed by atoms with van der Waals surface area (Å²) in [5.74, 6) is -0.820. The normalized spacial score (nSPS) is 12.9. The van der Waals surface area contributed by atoms with E-state index in [9.17, 15) is 28.8 Å². The maximum atomic E-state index is 11.0. The van der Waals surface area contributed by atoms with E-state index in [1.165, 1.54) is 20.9 Å². The molecule has 0 aliphatic carbocycles. The molecule has 0 aromatic heterocycles. The summed E-state index contributed by atoms with van der Waals surface area (Å²) < 4.78 is 0. The number of nitrogens with zero attached hydrogens (tertiary/aromatic N) is 1. The number of nitrogens with one attached hydrogen (secondary N) is 3. The highest BCUT2D eigenvalue weighted by atomic mass is 16.2. The summed E-state index contributed by atoms with van der Waals surface area (Å²) in [6, 6.07) is -1.66. The summed E-state index contributed by atoms with van der Waals surface area (Å²) in [5.41, 5.74) is 1.97. The molecule has 1 fully saturated rings. The molecule has 23 heavy (non-hydrogen) atoms. The molecule has 1 aliphatic heterocycles. The van der Waals surface area contributed by atoms with E-state index in [4.69, 9.17) is 0 Å². The molecule has 10 heteroatoms. The van der Waals surface area contributed by atoms with Crippen LogP contribution < -0.4 is 16.1 Å². The van der Waals surface area contributed by atoms with Gasteiger partial charge >= 0.3 is 12.1 Å². The number of hydrogen-bond acceptors (Lipinski definition) is 6. The molecule has 3 N–H and O–H groups in total. The molecular formula is C13H20N4O6. The standard InChI is InChI=1S/C7H10N4O4.C6H10O2/c1-8-6(14)9-7(15)10-11-4(12)2-3-5(11)13;1-5(7)3-4-6(2)8/h2-3H2,1H3,(H3,8,9,10,14,15);3-4H2,1-2H3. The Labute approximate surface area is 132 Å². The number of hydrazine groups is 1. The van der Waals surface area contributed by atoms with Gasteiger partial charge in [0.15, 0.2) is 0 Å². The lowest BCUT2D eigenvalue weighted by Crippen LogP contribution is -2.52. The predicted molar refractivity (Wildman–Crippen MR) is 77.8 cm³/mol. The van der Waals surface area contributed by atoms with Gasteiger partial charge in [0.05, 0.1) is 0 Å². The summed E-state index contributed by atoms with van der Waals surface area (Å²) in [6.45, 7) is 2.98. The maximum absolute atomic E-state index is 11.0. The highest BCUT2D eigenvalue weighted by Crippen LogP contribution is 2.07. The minimum atomic E-state index is -0.932. The van der Waals surface area contributed by atoms with E-state index in [1.807, 2.05) is 10.7 Å². The van der Waals surface area contributed by atoms with Crippen LogP contribution in [0.25, 0.3) is 0 Å². The molecule has 1 saturated heterocycles. The van der Waals surface area contributed by atoms with Gasteiger partial charge in [-0.25, -0.2) is 15.0 Å². The van der Waals surface area contributed by atoms with Crippen LogP contribution in [0, 0.1) is 0 Å². The zero-order valence-electron chi connectivity index (χ0n) is 13.2. The van der Waals surface area contributed by atoms with Crippen LogP contribution in [0.2, 0.25) is 0 Å². The largest absolute Gasteiger partial charge is 0.342 e. The Bertz CT molecular complexity index is 487. The van der Waals surface area contributed by atoms with Crippen LogP contribution in [0.3, 0.4) is 0 Å². The van der Waals surface area contributed by atoms with Crippen molar-refractivity contribution in [2.24, 2.45) is 0 Å². The van der Waals surface area contributed by atoms with Crippen LogP contribution in [0.5, 0.6) is 0 Å². The van der Waals surface area contributed by atoms with E-state index in [-0.39, 0.29) is 24.4 Å². The number of hydrogen-bond donors (Lipinski definition) is 3. The number of ketones is 2. The third kappa shape index (κ3) is 8.96. The monoisotopic (exact) mass is 328 g/mol. The Morgan fingerprint density at radius 1 is 0.913 bits per heavy atom. The van der Waals surface area contributed by atoms with Crippen molar-refractivity contribution in [1.29, 1.82) is 0 Å². The molecule has 0 radical (unpaired) electrons. The molecule has 0 atom stereocenters. The van der Waals surface area contributed by atoms with Gasteiger partial charge in [0.1, 0.15) is 11.6 Å². The van der Waals surface area contributed by atoms with Crippen molar-refractivity contribution >= 4 is 35.4 Å². The van der Waals surface area contributed by atoms with Crippen molar-refractivity contribution < 1.29 is 28.8 Å². The Morgan fingerprint density at radius 2 is 1.35 bits per heavy atom. The van der Waals surface area contributed by atoms with Gasteiger partial charge < -0.3 is 14.9 Å². The van der Waals surface area contributed by atoms with Crippen molar-refractivity contribution in [3.63, 3.8) is 0 Å². The Kier molecular flexibility index (Phi) is 8.82. The average Bonchev–Trinajstić information content (AvgIpc) is 2.77. The molecule has 1 aliphatic rings. The second-order valence-electron chi connectivity index (χ2n) is 4.67. The number of carbonyl (C=O) groups excluding carboxylic acids is 6. The van der Waals surface area contributed by atoms with Gasteiger partial charge in [0, 0.05) is 32.7 Å². The third-order valence-electron chi connectivity index (χ3n) is 2.55. The van der Waals surface area contributed by atoms with Crippen LogP contribution in [-0.4, -0.2) is 47.5 Å². The second-order valence-corrected chi connectivity index (χ2v) is 4.67. The molecule has 0 aromatic rings. The van der Waals surface area contributed by atoms with Crippen LogP contribution in [0.15, 0.2) is 0 Å². The summed E-state index contributed by atoms with van der Waals surface area (Å²) in [7, 11) is 1.33. The van der Waals surface area contributed by atoms with Crippen molar-refractivity contribution in [3.05, 3.63) is 0 Å². The lowest BCUT2D eigenvalue weighted by atomic mass is 10.2. The van der Waals surface area contributed by atoms with E-state index in [0.717, 1.165) is 0 Å². The molecule has 6 amide bonds. The van der Waals surface area contributed by atoms with E-state index in [2.05, 4.69) is 5.32 Å². The highest BCUT2D eigenvalue weighted by molar-refractivity contribution is 6.04. The predicted octanol–water partition coefficient (Wildman–Crippen LogP) is -0.366. The van der Waals surface area contributed by atoms with Crippen molar-refractivity contribution in [3.8, 4) is 0 Å². The second kappa shape index (κ2) is 10.0. The fourth-order valence-corrected chi connectivity index (χ4v) is 1.35. The molecule has 0 saturated carbocycles. The van der Waals surface area contributed by atoms with Gasteiger partial charge in [-0.15, -0.1) is 0 Å². The number of Topliss-reactive ketones (excluding diaryl/α,β-unsaturated/α-hetero) is 2. The lowest BCUT2D eigenvalue weighted by Gasteiger charge is -2.14. The fourth-order valence-electron chi connectivity index (χ4n) is 1.35. The lowest BCUT2D eigenvalue weighted by molar-refractivity contribution is -0.141. The van der Waals surface area contributed by atoms with E-state index >= 15 is 0 Å². The SMILES string of the molecule is CC(=O)CCC(C)=O.CNC(=O)NC(=O)NN1C(=O)CCC1=O. The first kappa shape index (κ1) is 20.2. The van der Waals surface area contributed by atoms with E-state index in [0.29, 0.717) is 17.9 Å². The van der Waals surface area contributed by atoms with Gasteiger partial charge in [-0.1, -0.05) is 0 Å². The maximum Gasteiger partial charge on any atom is 0.342 e. The van der Waals surface area contributed by atoms with Crippen molar-refractivity contribution in [2.75, 3.05) is 7.05 Å². The Hall–Kier alpha value is -2.78. The molecule has 1 rings (SSSR count). The molecular weight excluding hydrogens is 308 g/mol. The summed E-state index contributed by atoms with van der Waals surface area (Å²) >= 11 is 0. The van der Waals surface area contributed by atoms with Crippen LogP contribution in [0.1, 0.15) is 39.5 Å². The number of carbonyl (C=O) groups is 6. The third-order valence-corrected chi connectivity index (χ3v) is 2.55. The van der Waals surface area contributed by atoms with E-state index < -0.39 is 23.9 Å². The highest BCUT2D eigenvalue weighted by Gasteiger charge is 2.30. The van der Waals surface area contributed by atoms with Gasteiger partial charge in [0.2, 0.25) is 11.8 Å². The fraction of sp³-hybridized carbons (Fsp3) is 0.538. The minimum Gasteiger partial charge on any atom is -0.341 e. The topological polar surface area (TPSA) is 142 Å². The Balaban J connectivity index is 0.000000515. The first-order valence-corrected chi connectivity index (χ1v) is 6.81. The first-order valence-electron chi connectivity index (χ1n) is 6.81. The summed E-state index contributed by atoms with van der Waals surface area (Å²) in [6.07, 6.45) is 0.933. The molecule has 10 nitrogen and oxygen atoms in total. The number of amides is 6. The zero-order valence-corrected chi connectivity index (χ0v) is 13.2. The average molecular weight is 328 g/mol. The van der Waals surface area contributed by atoms with Gasteiger partial charge in [0.25, 0.3) is 0 Å². The van der Waals surface area contributed by atoms with Gasteiger partial charge in [-0.3, -0.25) is 14.9 Å². The van der Waals surface area contributed by atoms with Crippen LogP contribution in [-0.2, 0) is 19.2 Å².